The van der Waals surface area contributed by atoms with Gasteiger partial charge < -0.3 is 14.7 Å². The first-order valence-electron chi connectivity index (χ1n) is 9.94. The summed E-state index contributed by atoms with van der Waals surface area (Å²) >= 11 is 1.43. The SMILES string of the molecule is CC(=O)N1C[C@H]2C3(CCN(C(=O)c4cscn4)CC3)CC[C@@]2(C(=O)N(C)C)C1. The quantitative estimate of drug-likeness (QED) is 0.752. The summed E-state index contributed by atoms with van der Waals surface area (Å²) in [5, 5.41) is 1.80. The van der Waals surface area contributed by atoms with Gasteiger partial charge in [-0.25, -0.2) is 4.98 Å². The van der Waals surface area contributed by atoms with Crippen LogP contribution >= 0.6 is 11.3 Å². The second-order valence-electron chi connectivity index (χ2n) is 8.84. The number of carbonyl (C=O) groups is 3. The number of fused-ring (bicyclic) bond motifs is 2. The molecule has 3 aliphatic rings. The maximum absolute atomic E-state index is 13.2. The predicted octanol–water partition coefficient (Wildman–Crippen LogP) is 1.71. The number of hydrogen-bond acceptors (Lipinski definition) is 5. The van der Waals surface area contributed by atoms with Crippen LogP contribution in [0, 0.1) is 16.7 Å². The van der Waals surface area contributed by atoms with Gasteiger partial charge in [-0.3, -0.25) is 14.4 Å². The highest BCUT2D eigenvalue weighted by Crippen LogP contribution is 2.62. The fourth-order valence-electron chi connectivity index (χ4n) is 5.83. The average Bonchev–Trinajstić information content (AvgIpc) is 3.38. The van der Waals surface area contributed by atoms with Crippen LogP contribution in [0.5, 0.6) is 0 Å². The third-order valence-electron chi connectivity index (χ3n) is 7.33. The van der Waals surface area contributed by atoms with Crippen LogP contribution in [0.3, 0.4) is 0 Å². The van der Waals surface area contributed by atoms with Crippen molar-refractivity contribution in [1.82, 2.24) is 19.7 Å². The van der Waals surface area contributed by atoms with E-state index in [0.29, 0.717) is 31.9 Å². The van der Waals surface area contributed by atoms with E-state index < -0.39 is 5.41 Å². The summed E-state index contributed by atoms with van der Waals surface area (Å²) in [5.74, 6) is 0.377. The molecular weight excluding hydrogens is 376 g/mol. The molecule has 0 N–H and O–H groups in total. The molecular formula is C20H28N4O3S. The molecule has 8 heteroatoms. The van der Waals surface area contributed by atoms with Crippen LogP contribution in [0.15, 0.2) is 10.9 Å². The molecule has 152 valence electrons. The molecule has 4 rings (SSSR count). The van der Waals surface area contributed by atoms with E-state index in [-0.39, 0.29) is 29.1 Å². The third kappa shape index (κ3) is 2.84. The van der Waals surface area contributed by atoms with Crippen LogP contribution in [0.4, 0.5) is 0 Å². The number of hydrogen-bond donors (Lipinski definition) is 0. The normalized spacial score (nSPS) is 28.5. The second kappa shape index (κ2) is 6.83. The van der Waals surface area contributed by atoms with E-state index in [2.05, 4.69) is 4.98 Å². The first-order valence-corrected chi connectivity index (χ1v) is 10.9. The highest BCUT2D eigenvalue weighted by molar-refractivity contribution is 7.07. The number of nitrogens with zero attached hydrogens (tertiary/aromatic N) is 4. The Balaban J connectivity index is 1.55. The smallest absolute Gasteiger partial charge is 0.273 e. The number of piperidine rings is 1. The summed E-state index contributed by atoms with van der Waals surface area (Å²) in [5.41, 5.74) is 1.78. The van der Waals surface area contributed by atoms with E-state index in [9.17, 15) is 14.4 Å². The van der Waals surface area contributed by atoms with E-state index in [1.165, 1.54) is 11.3 Å². The van der Waals surface area contributed by atoms with Crippen LogP contribution in [-0.2, 0) is 9.59 Å². The van der Waals surface area contributed by atoms with Crippen molar-refractivity contribution in [2.45, 2.75) is 32.6 Å². The molecule has 0 unspecified atom stereocenters. The Labute approximate surface area is 169 Å². The molecule has 2 saturated heterocycles. The topological polar surface area (TPSA) is 73.8 Å². The first-order chi connectivity index (χ1) is 13.3. The maximum Gasteiger partial charge on any atom is 0.273 e. The molecule has 1 aromatic heterocycles. The summed E-state index contributed by atoms with van der Waals surface area (Å²) in [6.45, 7) is 4.18. The zero-order chi connectivity index (χ0) is 20.1. The van der Waals surface area contributed by atoms with Gasteiger partial charge in [-0.15, -0.1) is 11.3 Å². The van der Waals surface area contributed by atoms with E-state index in [0.717, 1.165) is 25.7 Å². The Kier molecular flexibility index (Phi) is 4.72. The molecule has 0 bridgehead atoms. The number of likely N-dealkylation sites (tertiary alicyclic amines) is 2. The lowest BCUT2D eigenvalue weighted by molar-refractivity contribution is -0.141. The molecule has 7 nitrogen and oxygen atoms in total. The zero-order valence-corrected chi connectivity index (χ0v) is 17.6. The van der Waals surface area contributed by atoms with Crippen LogP contribution in [0.25, 0.3) is 0 Å². The van der Waals surface area contributed by atoms with Crippen molar-refractivity contribution in [2.75, 3.05) is 40.3 Å². The minimum atomic E-state index is -0.462. The van der Waals surface area contributed by atoms with E-state index >= 15 is 0 Å². The van der Waals surface area contributed by atoms with Crippen LogP contribution < -0.4 is 0 Å². The van der Waals surface area contributed by atoms with Crippen molar-refractivity contribution in [1.29, 1.82) is 0 Å². The number of aromatic nitrogens is 1. The Morgan fingerprint density at radius 1 is 1.14 bits per heavy atom. The van der Waals surface area contributed by atoms with E-state index in [1.807, 2.05) is 23.9 Å². The van der Waals surface area contributed by atoms with Gasteiger partial charge >= 0.3 is 0 Å². The van der Waals surface area contributed by atoms with Crippen LogP contribution in [0.2, 0.25) is 0 Å². The highest BCUT2D eigenvalue weighted by Gasteiger charge is 2.65. The first kappa shape index (κ1) is 19.4. The lowest BCUT2D eigenvalue weighted by atomic mass is 9.65. The Morgan fingerprint density at radius 2 is 1.86 bits per heavy atom. The molecule has 1 aromatic rings. The fourth-order valence-corrected chi connectivity index (χ4v) is 6.36. The van der Waals surface area contributed by atoms with Gasteiger partial charge in [0, 0.05) is 52.6 Å². The van der Waals surface area contributed by atoms with Crippen LogP contribution in [0.1, 0.15) is 43.1 Å². The summed E-state index contributed by atoms with van der Waals surface area (Å²) in [4.78, 5) is 47.5. The number of rotatable bonds is 2. The average molecular weight is 405 g/mol. The molecule has 0 radical (unpaired) electrons. The summed E-state index contributed by atoms with van der Waals surface area (Å²) in [6.07, 6.45) is 3.61. The van der Waals surface area contributed by atoms with Crippen molar-refractivity contribution < 1.29 is 14.4 Å². The predicted molar refractivity (Wildman–Crippen MR) is 106 cm³/mol. The van der Waals surface area contributed by atoms with Crippen molar-refractivity contribution in [3.8, 4) is 0 Å². The lowest BCUT2D eigenvalue weighted by Gasteiger charge is -2.44. The molecule has 28 heavy (non-hydrogen) atoms. The van der Waals surface area contributed by atoms with Gasteiger partial charge in [-0.05, 0) is 37.0 Å². The maximum atomic E-state index is 13.2. The van der Waals surface area contributed by atoms with Crippen molar-refractivity contribution in [2.24, 2.45) is 16.7 Å². The van der Waals surface area contributed by atoms with E-state index in [1.54, 1.807) is 22.7 Å². The summed E-state index contributed by atoms with van der Waals surface area (Å²) in [6, 6.07) is 0. The van der Waals surface area contributed by atoms with Crippen molar-refractivity contribution in [3.05, 3.63) is 16.6 Å². The minimum absolute atomic E-state index is 0.00140. The van der Waals surface area contributed by atoms with Crippen molar-refractivity contribution in [3.63, 3.8) is 0 Å². The molecule has 2 atom stereocenters. The lowest BCUT2D eigenvalue weighted by Crippen LogP contribution is -2.49. The molecule has 3 heterocycles. The summed E-state index contributed by atoms with van der Waals surface area (Å²) < 4.78 is 0. The Bertz CT molecular complexity index is 785. The molecule has 2 aliphatic heterocycles. The third-order valence-corrected chi connectivity index (χ3v) is 7.91. The van der Waals surface area contributed by atoms with Crippen LogP contribution in [-0.4, -0.2) is 77.7 Å². The molecule has 1 saturated carbocycles. The number of thiazole rings is 1. The standard InChI is InChI=1S/C20H28N4O3S/c1-14(25)24-10-16-19(4-5-20(16,12-24)18(27)22(2)3)6-8-23(9-7-19)17(26)15-11-28-13-21-15/h11,13,16H,4-10,12H2,1-3H3/t16-,20+/m0/s1. The molecule has 1 aliphatic carbocycles. The number of amides is 3. The molecule has 0 aromatic carbocycles. The number of carbonyl (C=O) groups excluding carboxylic acids is 3. The summed E-state index contributed by atoms with van der Waals surface area (Å²) in [7, 11) is 3.62. The fraction of sp³-hybridized carbons (Fsp3) is 0.700. The van der Waals surface area contributed by atoms with Crippen molar-refractivity contribution >= 4 is 29.1 Å². The van der Waals surface area contributed by atoms with Gasteiger partial charge in [0.25, 0.3) is 5.91 Å². The van der Waals surface area contributed by atoms with Gasteiger partial charge in [-0.1, -0.05) is 0 Å². The van der Waals surface area contributed by atoms with E-state index in [4.69, 9.17) is 0 Å². The monoisotopic (exact) mass is 404 g/mol. The zero-order valence-electron chi connectivity index (χ0n) is 16.8. The van der Waals surface area contributed by atoms with Gasteiger partial charge in [0.15, 0.2) is 0 Å². The molecule has 3 amide bonds. The van der Waals surface area contributed by atoms with Gasteiger partial charge in [0.1, 0.15) is 5.69 Å². The van der Waals surface area contributed by atoms with Gasteiger partial charge in [-0.2, -0.15) is 0 Å². The minimum Gasteiger partial charge on any atom is -0.348 e. The highest BCUT2D eigenvalue weighted by atomic mass is 32.1. The Hall–Kier alpha value is -1.96. The van der Waals surface area contributed by atoms with Gasteiger partial charge in [0.05, 0.1) is 10.9 Å². The molecule has 3 fully saturated rings. The largest absolute Gasteiger partial charge is 0.348 e. The molecule has 1 spiro atoms. The van der Waals surface area contributed by atoms with Gasteiger partial charge in [0.2, 0.25) is 11.8 Å². The second-order valence-corrected chi connectivity index (χ2v) is 9.55. The Morgan fingerprint density at radius 3 is 2.43 bits per heavy atom.